The molecule has 4 heteroatoms. The lowest BCUT2D eigenvalue weighted by Gasteiger charge is -2.22. The van der Waals surface area contributed by atoms with Gasteiger partial charge in [0.15, 0.2) is 0 Å². The maximum absolute atomic E-state index is 5.56. The van der Waals surface area contributed by atoms with Crippen LogP contribution in [-0.2, 0) is 22.6 Å². The summed E-state index contributed by atoms with van der Waals surface area (Å²) >= 11 is 0. The summed E-state index contributed by atoms with van der Waals surface area (Å²) in [5, 5.41) is 0. The number of hydrogen-bond donors (Lipinski definition) is 1. The summed E-state index contributed by atoms with van der Waals surface area (Å²) in [6.07, 6.45) is 0.854. The van der Waals surface area contributed by atoms with Crippen LogP contribution in [0, 0.1) is 6.92 Å². The molecule has 0 saturated heterocycles. The van der Waals surface area contributed by atoms with Crippen LogP contribution in [0.15, 0.2) is 10.5 Å². The molecule has 0 bridgehead atoms. The zero-order valence-corrected chi connectivity index (χ0v) is 11.2. The molecular weight excluding hydrogens is 218 g/mol. The number of rotatable bonds is 7. The molecule has 0 saturated carbocycles. The van der Waals surface area contributed by atoms with Gasteiger partial charge in [-0.3, -0.25) is 0 Å². The van der Waals surface area contributed by atoms with Gasteiger partial charge in [0.2, 0.25) is 0 Å². The molecule has 0 spiro atoms. The van der Waals surface area contributed by atoms with E-state index < -0.39 is 0 Å². The zero-order valence-electron chi connectivity index (χ0n) is 11.2. The van der Waals surface area contributed by atoms with E-state index in [2.05, 4.69) is 0 Å². The number of hydrogen-bond acceptors (Lipinski definition) is 4. The third-order valence-electron chi connectivity index (χ3n) is 2.90. The fraction of sp³-hybridized carbons (Fsp3) is 0.692. The van der Waals surface area contributed by atoms with E-state index in [4.69, 9.17) is 19.6 Å². The lowest BCUT2D eigenvalue weighted by Crippen LogP contribution is -2.24. The summed E-state index contributed by atoms with van der Waals surface area (Å²) in [4.78, 5) is 0. The lowest BCUT2D eigenvalue weighted by molar-refractivity contribution is -0.0144. The first kappa shape index (κ1) is 14.2. The molecule has 0 atom stereocenters. The smallest absolute Gasteiger partial charge is 0.130 e. The molecule has 0 unspecified atom stereocenters. The van der Waals surface area contributed by atoms with Crippen molar-refractivity contribution in [1.29, 1.82) is 0 Å². The van der Waals surface area contributed by atoms with Crippen LogP contribution in [0.25, 0.3) is 0 Å². The average molecular weight is 241 g/mol. The van der Waals surface area contributed by atoms with Crippen molar-refractivity contribution < 1.29 is 13.9 Å². The number of furan rings is 1. The molecule has 1 aromatic rings. The summed E-state index contributed by atoms with van der Waals surface area (Å²) in [7, 11) is 1.71. The monoisotopic (exact) mass is 241 g/mol. The van der Waals surface area contributed by atoms with Crippen molar-refractivity contribution >= 4 is 0 Å². The molecule has 1 aromatic heterocycles. The summed E-state index contributed by atoms with van der Waals surface area (Å²) in [6.45, 7) is 7.64. The zero-order chi connectivity index (χ0) is 12.9. The maximum Gasteiger partial charge on any atom is 0.130 e. The van der Waals surface area contributed by atoms with Crippen LogP contribution in [0.3, 0.4) is 0 Å². The van der Waals surface area contributed by atoms with Gasteiger partial charge in [-0.1, -0.05) is 0 Å². The van der Waals surface area contributed by atoms with E-state index in [0.29, 0.717) is 19.8 Å². The highest BCUT2D eigenvalue weighted by Gasteiger charge is 2.15. The summed E-state index contributed by atoms with van der Waals surface area (Å²) in [6, 6.07) is 1.98. The van der Waals surface area contributed by atoms with E-state index in [9.17, 15) is 0 Å². The Balaban J connectivity index is 2.31. The highest BCUT2D eigenvalue weighted by molar-refractivity contribution is 5.19. The predicted octanol–water partition coefficient (Wildman–Crippen LogP) is 2.38. The second-order valence-electron chi connectivity index (χ2n) is 4.79. The topological polar surface area (TPSA) is 57.6 Å². The Bertz CT molecular complexity index is 344. The number of nitrogens with two attached hydrogens (primary N) is 1. The summed E-state index contributed by atoms with van der Waals surface area (Å²) in [5.41, 5.74) is 6.49. The van der Waals surface area contributed by atoms with Gasteiger partial charge in [-0.15, -0.1) is 0 Å². The van der Waals surface area contributed by atoms with Crippen molar-refractivity contribution in [3.05, 3.63) is 23.2 Å². The SMILES string of the molecule is COC(C)(C)CCOCc1cc(C)c(CN)o1. The van der Waals surface area contributed by atoms with Gasteiger partial charge >= 0.3 is 0 Å². The van der Waals surface area contributed by atoms with Gasteiger partial charge in [-0.25, -0.2) is 0 Å². The molecule has 0 radical (unpaired) electrons. The molecule has 0 aliphatic rings. The number of ether oxygens (including phenoxy) is 2. The Morgan fingerprint density at radius 1 is 1.41 bits per heavy atom. The Kier molecular flexibility index (Phi) is 5.18. The predicted molar refractivity (Wildman–Crippen MR) is 66.7 cm³/mol. The summed E-state index contributed by atoms with van der Waals surface area (Å²) < 4.78 is 16.4. The minimum atomic E-state index is -0.137. The lowest BCUT2D eigenvalue weighted by atomic mass is 10.1. The fourth-order valence-electron chi connectivity index (χ4n) is 1.46. The van der Waals surface area contributed by atoms with Gasteiger partial charge in [0.1, 0.15) is 18.1 Å². The van der Waals surface area contributed by atoms with Crippen LogP contribution in [0.2, 0.25) is 0 Å². The van der Waals surface area contributed by atoms with Crippen molar-refractivity contribution in [1.82, 2.24) is 0 Å². The summed E-state index contributed by atoms with van der Waals surface area (Å²) in [5.74, 6) is 1.67. The van der Waals surface area contributed by atoms with Crippen molar-refractivity contribution in [3.63, 3.8) is 0 Å². The van der Waals surface area contributed by atoms with Crippen molar-refractivity contribution in [2.24, 2.45) is 5.73 Å². The first-order valence-corrected chi connectivity index (χ1v) is 5.89. The van der Waals surface area contributed by atoms with Crippen molar-refractivity contribution in [2.75, 3.05) is 13.7 Å². The van der Waals surface area contributed by atoms with Gasteiger partial charge < -0.3 is 19.6 Å². The molecule has 0 aliphatic carbocycles. The molecule has 0 aliphatic heterocycles. The van der Waals surface area contributed by atoms with E-state index in [1.165, 1.54) is 0 Å². The molecule has 0 amide bonds. The van der Waals surface area contributed by atoms with E-state index in [0.717, 1.165) is 23.5 Å². The van der Waals surface area contributed by atoms with Gasteiger partial charge in [-0.2, -0.15) is 0 Å². The first-order chi connectivity index (χ1) is 7.98. The Morgan fingerprint density at radius 2 is 2.12 bits per heavy atom. The van der Waals surface area contributed by atoms with Gasteiger partial charge in [0.25, 0.3) is 0 Å². The normalized spacial score (nSPS) is 12.1. The maximum atomic E-state index is 5.56. The van der Waals surface area contributed by atoms with Gasteiger partial charge in [-0.05, 0) is 38.8 Å². The molecule has 2 N–H and O–H groups in total. The Labute approximate surface area is 103 Å². The van der Waals surface area contributed by atoms with Crippen LogP contribution in [-0.4, -0.2) is 19.3 Å². The standard InChI is InChI=1S/C13H23NO3/c1-10-7-11(17-12(10)8-14)9-16-6-5-13(2,3)15-4/h7H,5-6,8-9,14H2,1-4H3. The van der Waals surface area contributed by atoms with Gasteiger partial charge in [0.05, 0.1) is 12.1 Å². The molecule has 1 rings (SSSR count). The van der Waals surface area contributed by atoms with Crippen molar-refractivity contribution in [2.45, 2.75) is 45.9 Å². The van der Waals surface area contributed by atoms with Gasteiger partial charge in [0, 0.05) is 13.7 Å². The highest BCUT2D eigenvalue weighted by Crippen LogP contribution is 2.16. The minimum absolute atomic E-state index is 0.137. The van der Waals surface area contributed by atoms with E-state index in [1.54, 1.807) is 7.11 Å². The third-order valence-corrected chi connectivity index (χ3v) is 2.90. The quantitative estimate of drug-likeness (QED) is 0.745. The highest BCUT2D eigenvalue weighted by atomic mass is 16.5. The van der Waals surface area contributed by atoms with E-state index >= 15 is 0 Å². The van der Waals surface area contributed by atoms with Crippen LogP contribution < -0.4 is 5.73 Å². The second kappa shape index (κ2) is 6.19. The Morgan fingerprint density at radius 3 is 2.65 bits per heavy atom. The number of methoxy groups -OCH3 is 1. The second-order valence-corrected chi connectivity index (χ2v) is 4.79. The molecule has 0 fully saturated rings. The average Bonchev–Trinajstić information content (AvgIpc) is 2.65. The third kappa shape index (κ3) is 4.50. The minimum Gasteiger partial charge on any atom is -0.462 e. The molecule has 1 heterocycles. The molecule has 98 valence electrons. The largest absolute Gasteiger partial charge is 0.462 e. The number of aryl methyl sites for hydroxylation is 1. The van der Waals surface area contributed by atoms with Crippen LogP contribution >= 0.6 is 0 Å². The molecular formula is C13H23NO3. The molecule has 4 nitrogen and oxygen atoms in total. The van der Waals surface area contributed by atoms with Crippen LogP contribution in [0.5, 0.6) is 0 Å². The van der Waals surface area contributed by atoms with E-state index in [-0.39, 0.29) is 5.60 Å². The van der Waals surface area contributed by atoms with E-state index in [1.807, 2.05) is 26.8 Å². The van der Waals surface area contributed by atoms with Crippen LogP contribution in [0.1, 0.15) is 37.4 Å². The molecule has 0 aromatic carbocycles. The first-order valence-electron chi connectivity index (χ1n) is 5.89. The Hall–Kier alpha value is -0.840. The van der Waals surface area contributed by atoms with Crippen molar-refractivity contribution in [3.8, 4) is 0 Å². The fourth-order valence-corrected chi connectivity index (χ4v) is 1.46. The molecule has 17 heavy (non-hydrogen) atoms. The van der Waals surface area contributed by atoms with Crippen LogP contribution in [0.4, 0.5) is 0 Å².